The van der Waals surface area contributed by atoms with Gasteiger partial charge in [-0.15, -0.1) is 0 Å². The van der Waals surface area contributed by atoms with Crippen LogP contribution in [0.3, 0.4) is 0 Å². The molecule has 0 bridgehead atoms. The number of hydrogen-bond acceptors (Lipinski definition) is 3. The summed E-state index contributed by atoms with van der Waals surface area (Å²) in [7, 11) is -4.10. The van der Waals surface area contributed by atoms with Gasteiger partial charge >= 0.3 is 5.51 Å². The Hall–Kier alpha value is -1.26. The topological polar surface area (TPSA) is 65.1 Å². The van der Waals surface area contributed by atoms with Crippen molar-refractivity contribution in [2.45, 2.75) is 16.9 Å². The Balaban J connectivity index is 2.41. The van der Waals surface area contributed by atoms with Crippen LogP contribution in [0.4, 0.5) is 17.6 Å². The number of nitrogens with zero attached hydrogens (tertiary/aromatic N) is 1. The van der Waals surface area contributed by atoms with E-state index in [1.807, 2.05) is 0 Å². The fourth-order valence-electron chi connectivity index (χ4n) is 1.91. The molecule has 0 aliphatic carbocycles. The molecule has 0 spiro atoms. The van der Waals surface area contributed by atoms with Crippen molar-refractivity contribution in [1.29, 1.82) is 0 Å². The summed E-state index contributed by atoms with van der Waals surface area (Å²) < 4.78 is 73.8. The molecule has 0 aliphatic rings. The van der Waals surface area contributed by atoms with Crippen molar-refractivity contribution in [1.82, 2.24) is 4.57 Å². The highest BCUT2D eigenvalue weighted by Gasteiger charge is 2.27. The molecule has 0 aliphatic heterocycles. The van der Waals surface area contributed by atoms with Crippen molar-refractivity contribution >= 4 is 32.7 Å². The molecule has 0 radical (unpaired) electrons. The summed E-state index contributed by atoms with van der Waals surface area (Å²) in [6.07, 6.45) is 1.12. The van der Waals surface area contributed by atoms with E-state index in [9.17, 15) is 26.0 Å². The lowest BCUT2D eigenvalue weighted by Crippen LogP contribution is -2.11. The Morgan fingerprint density at radius 1 is 1.29 bits per heavy atom. The van der Waals surface area contributed by atoms with Crippen LogP contribution < -0.4 is 5.14 Å². The first-order valence-electron chi connectivity index (χ1n) is 5.60. The van der Waals surface area contributed by atoms with Crippen molar-refractivity contribution in [3.05, 3.63) is 30.2 Å². The van der Waals surface area contributed by atoms with Gasteiger partial charge < -0.3 is 4.57 Å². The molecular formula is C11H10F4N2O2S2. The first-order valence-corrected chi connectivity index (χ1v) is 8.13. The van der Waals surface area contributed by atoms with Crippen molar-refractivity contribution in [3.63, 3.8) is 0 Å². The summed E-state index contributed by atoms with van der Waals surface area (Å²) in [6.45, 7) is -0.0815. The number of hydrogen-bond donors (Lipinski definition) is 1. The maximum absolute atomic E-state index is 13.2. The summed E-state index contributed by atoms with van der Waals surface area (Å²) in [5.74, 6) is -0.954. The van der Waals surface area contributed by atoms with E-state index >= 15 is 0 Å². The lowest BCUT2D eigenvalue weighted by atomic mass is 10.2. The Kier molecular flexibility index (Phi) is 4.22. The number of nitrogens with two attached hydrogens (primary N) is 1. The highest BCUT2D eigenvalue weighted by molar-refractivity contribution is 8.00. The van der Waals surface area contributed by atoms with E-state index in [2.05, 4.69) is 0 Å². The highest BCUT2D eigenvalue weighted by Crippen LogP contribution is 2.31. The van der Waals surface area contributed by atoms with Gasteiger partial charge in [0.05, 0.1) is 0 Å². The van der Waals surface area contributed by atoms with E-state index < -0.39 is 21.3 Å². The molecule has 0 unspecified atom stereocenters. The van der Waals surface area contributed by atoms with Crippen LogP contribution in [0.2, 0.25) is 0 Å². The smallest absolute Gasteiger partial charge is 0.345 e. The molecule has 1 aromatic heterocycles. The second kappa shape index (κ2) is 5.50. The summed E-state index contributed by atoms with van der Waals surface area (Å²) in [4.78, 5) is -0.311. The van der Waals surface area contributed by atoms with Crippen molar-refractivity contribution in [2.75, 3.05) is 5.75 Å². The Labute approximate surface area is 122 Å². The number of fused-ring (bicyclic) bond motifs is 1. The Bertz CT molecular complexity index is 768. The number of benzene rings is 1. The van der Waals surface area contributed by atoms with Gasteiger partial charge in [-0.25, -0.2) is 17.9 Å². The summed E-state index contributed by atoms with van der Waals surface area (Å²) in [5, 5.41) is 5.09. The van der Waals surface area contributed by atoms with E-state index in [0.717, 1.165) is 18.3 Å². The average molecular weight is 342 g/mol. The van der Waals surface area contributed by atoms with E-state index in [4.69, 9.17) is 5.14 Å². The first-order chi connectivity index (χ1) is 9.58. The van der Waals surface area contributed by atoms with Gasteiger partial charge in [-0.2, -0.15) is 13.2 Å². The number of sulfonamides is 1. The van der Waals surface area contributed by atoms with Crippen LogP contribution in [0.1, 0.15) is 0 Å². The molecule has 0 saturated carbocycles. The molecule has 21 heavy (non-hydrogen) atoms. The number of aryl methyl sites for hydroxylation is 1. The van der Waals surface area contributed by atoms with Gasteiger partial charge in [-0.05, 0) is 30.0 Å². The molecule has 0 atom stereocenters. The largest absolute Gasteiger partial charge is 0.441 e. The van der Waals surface area contributed by atoms with Crippen LogP contribution in [-0.4, -0.2) is 24.2 Å². The molecule has 2 rings (SSSR count). The zero-order valence-corrected chi connectivity index (χ0v) is 12.0. The normalized spacial score (nSPS) is 13.0. The summed E-state index contributed by atoms with van der Waals surface area (Å²) >= 11 is -0.219. The standard InChI is InChI=1S/C11H10F4N2O2S2/c12-7-1-2-9-8(5-7)10(21(16,18)19)6-17(9)3-4-20-11(13,14)15/h1-2,5-6H,3-4H2,(H2,16,18,19). The number of rotatable bonds is 4. The van der Waals surface area contributed by atoms with E-state index in [0.29, 0.717) is 5.52 Å². The molecule has 0 saturated heterocycles. The molecule has 10 heteroatoms. The van der Waals surface area contributed by atoms with Crippen LogP contribution in [0.25, 0.3) is 10.9 Å². The minimum Gasteiger partial charge on any atom is -0.345 e. The van der Waals surface area contributed by atoms with E-state index in [1.54, 1.807) is 0 Å². The molecule has 2 N–H and O–H groups in total. The highest BCUT2D eigenvalue weighted by atomic mass is 32.2. The van der Waals surface area contributed by atoms with Gasteiger partial charge in [0.1, 0.15) is 10.7 Å². The monoisotopic (exact) mass is 342 g/mol. The number of thioether (sulfide) groups is 1. The van der Waals surface area contributed by atoms with Crippen LogP contribution in [0.15, 0.2) is 29.3 Å². The molecule has 1 heterocycles. The Morgan fingerprint density at radius 2 is 1.95 bits per heavy atom. The second-order valence-corrected chi connectivity index (χ2v) is 6.88. The SMILES string of the molecule is NS(=O)(=O)c1cn(CCSC(F)(F)F)c2ccc(F)cc12. The lowest BCUT2D eigenvalue weighted by molar-refractivity contribution is -0.0328. The van der Waals surface area contributed by atoms with E-state index in [1.165, 1.54) is 10.6 Å². The van der Waals surface area contributed by atoms with Crippen LogP contribution in [0, 0.1) is 5.82 Å². The first kappa shape index (κ1) is 16.1. The van der Waals surface area contributed by atoms with Gasteiger partial charge in [-0.3, -0.25) is 0 Å². The molecule has 116 valence electrons. The molecule has 0 amide bonds. The third-order valence-corrected chi connectivity index (χ3v) is 4.36. The van der Waals surface area contributed by atoms with E-state index in [-0.39, 0.29) is 34.3 Å². The molecule has 1 aromatic carbocycles. The van der Waals surface area contributed by atoms with Gasteiger partial charge in [0.2, 0.25) is 10.0 Å². The van der Waals surface area contributed by atoms with Gasteiger partial charge in [0.15, 0.2) is 0 Å². The van der Waals surface area contributed by atoms with Crippen molar-refractivity contribution < 1.29 is 26.0 Å². The maximum atomic E-state index is 13.2. The zero-order valence-electron chi connectivity index (χ0n) is 10.4. The molecule has 4 nitrogen and oxygen atoms in total. The minimum absolute atomic E-state index is 0.0505. The number of primary sulfonamides is 1. The number of aromatic nitrogens is 1. The van der Waals surface area contributed by atoms with Gasteiger partial charge in [0.25, 0.3) is 0 Å². The predicted octanol–water partition coefficient (Wildman–Crippen LogP) is 2.68. The number of alkyl halides is 3. The van der Waals surface area contributed by atoms with Gasteiger partial charge in [-0.1, -0.05) is 0 Å². The number of halogens is 4. The molecule has 0 fully saturated rings. The van der Waals surface area contributed by atoms with Crippen molar-refractivity contribution in [2.24, 2.45) is 5.14 Å². The van der Waals surface area contributed by atoms with Gasteiger partial charge in [0, 0.05) is 29.4 Å². The lowest BCUT2D eigenvalue weighted by Gasteiger charge is -2.07. The third kappa shape index (κ3) is 3.89. The Morgan fingerprint density at radius 3 is 2.52 bits per heavy atom. The second-order valence-electron chi connectivity index (χ2n) is 4.19. The maximum Gasteiger partial charge on any atom is 0.441 e. The fourth-order valence-corrected chi connectivity index (χ4v) is 3.17. The summed E-state index contributed by atoms with van der Waals surface area (Å²) in [5.41, 5.74) is -4.05. The minimum atomic E-state index is -4.36. The van der Waals surface area contributed by atoms with Crippen LogP contribution in [-0.2, 0) is 16.6 Å². The predicted molar refractivity (Wildman–Crippen MR) is 71.8 cm³/mol. The molecule has 2 aromatic rings. The zero-order chi connectivity index (χ0) is 15.8. The third-order valence-electron chi connectivity index (χ3n) is 2.71. The average Bonchev–Trinajstić information content (AvgIpc) is 2.65. The molecular weight excluding hydrogens is 332 g/mol. The van der Waals surface area contributed by atoms with Crippen molar-refractivity contribution in [3.8, 4) is 0 Å². The van der Waals surface area contributed by atoms with Crippen LogP contribution >= 0.6 is 11.8 Å². The fraction of sp³-hybridized carbons (Fsp3) is 0.273. The quantitative estimate of drug-likeness (QED) is 0.869. The van der Waals surface area contributed by atoms with Crippen LogP contribution in [0.5, 0.6) is 0 Å². The summed E-state index contributed by atoms with van der Waals surface area (Å²) in [6, 6.07) is 3.39.